The summed E-state index contributed by atoms with van der Waals surface area (Å²) < 4.78 is 5.87. The molecule has 0 N–H and O–H groups in total. The van der Waals surface area contributed by atoms with Crippen molar-refractivity contribution in [2.24, 2.45) is 17.8 Å². The van der Waals surface area contributed by atoms with Gasteiger partial charge in [-0.1, -0.05) is 38.8 Å². The lowest BCUT2D eigenvalue weighted by molar-refractivity contribution is 0.101. The Morgan fingerprint density at radius 1 is 1.23 bits per heavy atom. The molecule has 1 fully saturated rings. The first-order chi connectivity index (χ1) is 15.0. The fourth-order valence-corrected chi connectivity index (χ4v) is 4.07. The first kappa shape index (κ1) is 25.1. The van der Waals surface area contributed by atoms with Crippen molar-refractivity contribution in [2.45, 2.75) is 53.4 Å². The molecular weight excluding hydrogens is 410 g/mol. The van der Waals surface area contributed by atoms with Crippen LogP contribution in [0.5, 0.6) is 5.75 Å². The molecule has 1 heterocycles. The number of nitrogens with zero attached hydrogens (tertiary/aromatic N) is 3. The predicted octanol–water partition coefficient (Wildman–Crippen LogP) is 6.32. The van der Waals surface area contributed by atoms with E-state index in [0.717, 1.165) is 61.0 Å². The van der Waals surface area contributed by atoms with Crippen LogP contribution in [0.1, 0.15) is 63.7 Å². The number of Topliss-reactive ketones (excluding diaryl/α,β-unsaturated/α-hetero) is 1. The molecule has 1 aliphatic carbocycles. The van der Waals surface area contributed by atoms with Gasteiger partial charge in [0.15, 0.2) is 5.78 Å². The number of benzene rings is 1. The van der Waals surface area contributed by atoms with Gasteiger partial charge in [0.05, 0.1) is 24.0 Å². The quantitative estimate of drug-likeness (QED) is 0.379. The van der Waals surface area contributed by atoms with Crippen molar-refractivity contribution in [1.82, 2.24) is 9.97 Å². The summed E-state index contributed by atoms with van der Waals surface area (Å²) in [6.45, 7) is 9.54. The van der Waals surface area contributed by atoms with E-state index in [1.165, 1.54) is 12.8 Å². The fourth-order valence-electron chi connectivity index (χ4n) is 3.98. The van der Waals surface area contributed by atoms with Crippen molar-refractivity contribution >= 4 is 23.3 Å². The van der Waals surface area contributed by atoms with Crippen LogP contribution in [0.2, 0.25) is 5.02 Å². The fraction of sp³-hybridized carbons (Fsp3) is 0.560. The molecule has 5 nitrogen and oxygen atoms in total. The van der Waals surface area contributed by atoms with Gasteiger partial charge in [0.2, 0.25) is 5.95 Å². The lowest BCUT2D eigenvalue weighted by Crippen LogP contribution is -2.23. The highest BCUT2D eigenvalue weighted by molar-refractivity contribution is 6.30. The van der Waals surface area contributed by atoms with Gasteiger partial charge in [0, 0.05) is 19.2 Å². The number of ketones is 1. The molecule has 0 aliphatic heterocycles. The maximum Gasteiger partial charge on any atom is 0.225 e. The third kappa shape index (κ3) is 7.80. The third-order valence-electron chi connectivity index (χ3n) is 5.91. The maximum absolute atomic E-state index is 11.3. The van der Waals surface area contributed by atoms with Crippen molar-refractivity contribution in [3.05, 3.63) is 47.2 Å². The summed E-state index contributed by atoms with van der Waals surface area (Å²) >= 11 is 5.87. The van der Waals surface area contributed by atoms with E-state index in [1.54, 1.807) is 19.3 Å². The molecule has 3 rings (SSSR count). The largest absolute Gasteiger partial charge is 0.494 e. The molecule has 1 aliphatic rings. The Labute approximate surface area is 192 Å². The average Bonchev–Trinajstić information content (AvgIpc) is 3.55. The zero-order valence-corrected chi connectivity index (χ0v) is 20.2. The first-order valence-corrected chi connectivity index (χ1v) is 11.8. The topological polar surface area (TPSA) is 55.3 Å². The Hall–Kier alpha value is -2.14. The minimum Gasteiger partial charge on any atom is -0.494 e. The number of rotatable bonds is 11. The molecule has 0 spiro atoms. The highest BCUT2D eigenvalue weighted by Gasteiger charge is 2.41. The second-order valence-corrected chi connectivity index (χ2v) is 8.39. The number of hydrogen-bond acceptors (Lipinski definition) is 5. The number of anilines is 1. The lowest BCUT2D eigenvalue weighted by atomic mass is 9.94. The molecule has 3 unspecified atom stereocenters. The Kier molecular flexibility index (Phi) is 10.3. The number of halogens is 1. The van der Waals surface area contributed by atoms with E-state index in [0.29, 0.717) is 5.02 Å². The van der Waals surface area contributed by atoms with E-state index < -0.39 is 0 Å². The second-order valence-electron chi connectivity index (χ2n) is 7.96. The Morgan fingerprint density at radius 3 is 2.45 bits per heavy atom. The van der Waals surface area contributed by atoms with Gasteiger partial charge >= 0.3 is 0 Å². The number of hydrogen-bond donors (Lipinski definition) is 0. The van der Waals surface area contributed by atoms with Crippen molar-refractivity contribution in [3.8, 4) is 5.75 Å². The van der Waals surface area contributed by atoms with Gasteiger partial charge in [-0.2, -0.15) is 0 Å². The van der Waals surface area contributed by atoms with E-state index in [2.05, 4.69) is 21.8 Å². The number of aromatic nitrogens is 2. The molecule has 0 amide bonds. The zero-order valence-electron chi connectivity index (χ0n) is 19.5. The van der Waals surface area contributed by atoms with Crippen LogP contribution in [0.15, 0.2) is 36.7 Å². The van der Waals surface area contributed by atoms with Crippen molar-refractivity contribution in [2.75, 3.05) is 25.1 Å². The highest BCUT2D eigenvalue weighted by atomic mass is 35.5. The Bertz CT molecular complexity index is 795. The lowest BCUT2D eigenvalue weighted by Gasteiger charge is -2.21. The molecule has 0 saturated heterocycles. The van der Waals surface area contributed by atoms with E-state index in [1.807, 2.05) is 45.2 Å². The van der Waals surface area contributed by atoms with Crippen LogP contribution >= 0.6 is 11.6 Å². The predicted molar refractivity (Wildman–Crippen MR) is 128 cm³/mol. The molecule has 3 atom stereocenters. The zero-order chi connectivity index (χ0) is 22.8. The minimum atomic E-state index is 0.0799. The van der Waals surface area contributed by atoms with Gasteiger partial charge in [0.1, 0.15) is 5.75 Å². The van der Waals surface area contributed by atoms with Gasteiger partial charge in [-0.15, -0.1) is 0 Å². The molecule has 1 saturated carbocycles. The summed E-state index contributed by atoms with van der Waals surface area (Å²) in [5, 5.41) is 0.562. The summed E-state index contributed by atoms with van der Waals surface area (Å²) in [6, 6.07) is 7.41. The van der Waals surface area contributed by atoms with Crippen LogP contribution in [-0.4, -0.2) is 36.0 Å². The van der Waals surface area contributed by atoms with Crippen molar-refractivity contribution < 1.29 is 9.53 Å². The van der Waals surface area contributed by atoms with Crippen LogP contribution in [0, 0.1) is 17.8 Å². The van der Waals surface area contributed by atoms with Crippen LogP contribution in [0.25, 0.3) is 0 Å². The summed E-state index contributed by atoms with van der Waals surface area (Å²) in [6.07, 6.45) is 8.01. The van der Waals surface area contributed by atoms with Gasteiger partial charge < -0.3 is 9.64 Å². The molecule has 31 heavy (non-hydrogen) atoms. The first-order valence-electron chi connectivity index (χ1n) is 11.4. The van der Waals surface area contributed by atoms with Gasteiger partial charge in [-0.05, 0) is 68.2 Å². The molecular formula is C25H36ClN3O2. The third-order valence-corrected chi connectivity index (χ3v) is 6.10. The van der Waals surface area contributed by atoms with Crippen LogP contribution in [-0.2, 0) is 0 Å². The van der Waals surface area contributed by atoms with Crippen LogP contribution in [0.4, 0.5) is 5.95 Å². The maximum atomic E-state index is 11.3. The number of ether oxygens (including phenoxy) is 1. The standard InChI is InChI=1S/C23H30ClN3O2.C2H6/c1-4-17(9-11-27(3)23-25-14-20(24)15-26-23)22-13-19(22)10-12-29-21-7-5-18(6-8-21)16(2)28;1-2/h5-8,14-15,17,19,22H,4,9-13H2,1-3H3;1-2H3. The molecule has 6 heteroatoms. The van der Waals surface area contributed by atoms with Gasteiger partial charge in [0.25, 0.3) is 0 Å². The molecule has 0 bridgehead atoms. The molecule has 1 aromatic heterocycles. The van der Waals surface area contributed by atoms with Crippen molar-refractivity contribution in [3.63, 3.8) is 0 Å². The Morgan fingerprint density at radius 2 is 1.87 bits per heavy atom. The smallest absolute Gasteiger partial charge is 0.225 e. The van der Waals surface area contributed by atoms with Crippen LogP contribution < -0.4 is 9.64 Å². The summed E-state index contributed by atoms with van der Waals surface area (Å²) in [5.41, 5.74) is 0.722. The SMILES string of the molecule is CC.CCC(CCN(C)c1ncc(Cl)cn1)C1CC1CCOc1ccc(C(C)=O)cc1. The van der Waals surface area contributed by atoms with Crippen LogP contribution in [0.3, 0.4) is 0 Å². The number of carbonyl (C=O) groups is 1. The monoisotopic (exact) mass is 445 g/mol. The molecule has 0 radical (unpaired) electrons. The molecule has 1 aromatic carbocycles. The summed E-state index contributed by atoms with van der Waals surface area (Å²) in [7, 11) is 2.03. The van der Waals surface area contributed by atoms with E-state index in [9.17, 15) is 4.79 Å². The second kappa shape index (κ2) is 12.7. The molecule has 170 valence electrons. The Balaban J connectivity index is 0.00000166. The summed E-state index contributed by atoms with van der Waals surface area (Å²) in [4.78, 5) is 22.0. The van der Waals surface area contributed by atoms with Gasteiger partial charge in [-0.3, -0.25) is 4.79 Å². The molecule has 2 aromatic rings. The van der Waals surface area contributed by atoms with E-state index >= 15 is 0 Å². The van der Waals surface area contributed by atoms with E-state index in [-0.39, 0.29) is 5.78 Å². The normalized spacial score (nSPS) is 17.9. The summed E-state index contributed by atoms with van der Waals surface area (Å²) in [5.74, 6) is 3.92. The minimum absolute atomic E-state index is 0.0799. The van der Waals surface area contributed by atoms with E-state index in [4.69, 9.17) is 16.3 Å². The van der Waals surface area contributed by atoms with Gasteiger partial charge in [-0.25, -0.2) is 9.97 Å². The number of carbonyl (C=O) groups excluding carboxylic acids is 1. The average molecular weight is 446 g/mol. The van der Waals surface area contributed by atoms with Crippen molar-refractivity contribution in [1.29, 1.82) is 0 Å². The highest BCUT2D eigenvalue weighted by Crippen LogP contribution is 2.48.